The number of unbranched alkanes of at least 4 members (excludes halogenated alkanes) is 2. The molecule has 0 aromatic heterocycles. The first-order valence-corrected chi connectivity index (χ1v) is 9.16. The molecule has 24 heavy (non-hydrogen) atoms. The summed E-state index contributed by atoms with van der Waals surface area (Å²) in [5, 5.41) is 8.76. The standard InChI is InChI=1S/C21H27F2N/c22-14-4-2-1-3-5-17-6-8-18(9-7-17)10-11-19-12-13-20(16-24)21(23)15-19/h4,12-15,17-18H,1-3,5-11H2/t17-,18-. The number of rotatable bonds is 8. The van der Waals surface area contributed by atoms with Crippen LogP contribution in [-0.4, -0.2) is 0 Å². The average molecular weight is 331 g/mol. The lowest BCUT2D eigenvalue weighted by Crippen LogP contribution is -2.15. The van der Waals surface area contributed by atoms with Gasteiger partial charge in [-0.25, -0.2) is 8.78 Å². The first-order valence-electron chi connectivity index (χ1n) is 9.16. The highest BCUT2D eigenvalue weighted by Crippen LogP contribution is 2.34. The molecule has 2 rings (SSSR count). The third-order valence-electron chi connectivity index (χ3n) is 5.28. The van der Waals surface area contributed by atoms with Crippen LogP contribution in [0.5, 0.6) is 0 Å². The lowest BCUT2D eigenvalue weighted by atomic mass is 9.78. The van der Waals surface area contributed by atoms with Crippen molar-refractivity contribution in [2.24, 2.45) is 11.8 Å². The van der Waals surface area contributed by atoms with Crippen molar-refractivity contribution in [2.45, 2.75) is 64.2 Å². The zero-order chi connectivity index (χ0) is 17.2. The molecular weight excluding hydrogens is 304 g/mol. The van der Waals surface area contributed by atoms with E-state index in [-0.39, 0.29) is 5.56 Å². The highest BCUT2D eigenvalue weighted by atomic mass is 19.1. The zero-order valence-electron chi connectivity index (χ0n) is 14.3. The molecule has 0 bridgehead atoms. The predicted octanol–water partition coefficient (Wildman–Crippen LogP) is 6.48. The number of allylic oxidation sites excluding steroid dienone is 1. The minimum Gasteiger partial charge on any atom is -0.216 e. The van der Waals surface area contributed by atoms with Crippen LogP contribution in [0.2, 0.25) is 0 Å². The first-order chi connectivity index (χ1) is 11.7. The van der Waals surface area contributed by atoms with E-state index in [1.807, 2.05) is 12.1 Å². The third kappa shape index (κ3) is 6.07. The van der Waals surface area contributed by atoms with Gasteiger partial charge in [-0.3, -0.25) is 0 Å². The van der Waals surface area contributed by atoms with E-state index in [0.29, 0.717) is 6.33 Å². The number of nitrogens with zero attached hydrogens (tertiary/aromatic N) is 1. The fraction of sp³-hybridized carbons (Fsp3) is 0.571. The Bertz CT molecular complexity index is 566. The number of aryl methyl sites for hydroxylation is 1. The lowest BCUT2D eigenvalue weighted by molar-refractivity contribution is 0.249. The topological polar surface area (TPSA) is 23.8 Å². The van der Waals surface area contributed by atoms with Crippen molar-refractivity contribution >= 4 is 0 Å². The molecule has 1 aliphatic rings. The van der Waals surface area contributed by atoms with Gasteiger partial charge < -0.3 is 0 Å². The Morgan fingerprint density at radius 2 is 1.79 bits per heavy atom. The molecule has 0 aliphatic heterocycles. The second kappa shape index (κ2) is 10.2. The van der Waals surface area contributed by atoms with Crippen molar-refractivity contribution in [2.75, 3.05) is 0 Å². The molecule has 0 unspecified atom stereocenters. The number of nitriles is 1. The van der Waals surface area contributed by atoms with Crippen molar-refractivity contribution in [3.8, 4) is 6.07 Å². The van der Waals surface area contributed by atoms with Gasteiger partial charge in [0.05, 0.1) is 11.9 Å². The summed E-state index contributed by atoms with van der Waals surface area (Å²) in [6.07, 6.45) is 13.8. The van der Waals surface area contributed by atoms with Crippen LogP contribution in [0.1, 0.15) is 68.9 Å². The van der Waals surface area contributed by atoms with Crippen LogP contribution in [0.25, 0.3) is 0 Å². The zero-order valence-corrected chi connectivity index (χ0v) is 14.3. The van der Waals surface area contributed by atoms with Crippen molar-refractivity contribution < 1.29 is 8.78 Å². The Morgan fingerprint density at radius 3 is 2.42 bits per heavy atom. The summed E-state index contributed by atoms with van der Waals surface area (Å²) < 4.78 is 25.5. The Hall–Kier alpha value is -1.69. The Labute approximate surface area is 144 Å². The molecule has 0 saturated heterocycles. The van der Waals surface area contributed by atoms with E-state index in [4.69, 9.17) is 5.26 Å². The highest BCUT2D eigenvalue weighted by molar-refractivity contribution is 5.33. The highest BCUT2D eigenvalue weighted by Gasteiger charge is 2.20. The third-order valence-corrected chi connectivity index (χ3v) is 5.28. The van der Waals surface area contributed by atoms with E-state index in [2.05, 4.69) is 0 Å². The molecule has 1 saturated carbocycles. The number of hydrogen-bond donors (Lipinski definition) is 0. The van der Waals surface area contributed by atoms with Gasteiger partial charge in [-0.15, -0.1) is 0 Å². The van der Waals surface area contributed by atoms with E-state index >= 15 is 0 Å². The van der Waals surface area contributed by atoms with Gasteiger partial charge in [0, 0.05) is 0 Å². The molecule has 0 atom stereocenters. The molecule has 0 spiro atoms. The molecule has 1 fully saturated rings. The second-order valence-corrected chi connectivity index (χ2v) is 7.00. The van der Waals surface area contributed by atoms with E-state index in [9.17, 15) is 8.78 Å². The minimum absolute atomic E-state index is 0.126. The Morgan fingerprint density at radius 1 is 1.08 bits per heavy atom. The minimum atomic E-state index is -0.402. The fourth-order valence-electron chi connectivity index (χ4n) is 3.74. The molecule has 1 nitrogen and oxygen atoms in total. The van der Waals surface area contributed by atoms with Crippen LogP contribution >= 0.6 is 0 Å². The van der Waals surface area contributed by atoms with Crippen molar-refractivity contribution in [3.63, 3.8) is 0 Å². The maximum Gasteiger partial charge on any atom is 0.141 e. The number of hydrogen-bond acceptors (Lipinski definition) is 1. The molecule has 130 valence electrons. The summed E-state index contributed by atoms with van der Waals surface area (Å²) in [5.41, 5.74) is 1.12. The summed E-state index contributed by atoms with van der Waals surface area (Å²) in [5.74, 6) is 1.18. The Balaban J connectivity index is 1.64. The van der Waals surface area contributed by atoms with Crippen molar-refractivity contribution in [1.29, 1.82) is 5.26 Å². The molecule has 1 aromatic rings. The van der Waals surface area contributed by atoms with Crippen LogP contribution in [0.4, 0.5) is 8.78 Å². The molecule has 0 radical (unpaired) electrons. The van der Waals surface area contributed by atoms with E-state index in [1.165, 1.54) is 44.6 Å². The summed E-state index contributed by atoms with van der Waals surface area (Å²) in [6.45, 7) is 0. The summed E-state index contributed by atoms with van der Waals surface area (Å²) >= 11 is 0. The van der Waals surface area contributed by atoms with Crippen LogP contribution < -0.4 is 0 Å². The number of halogens is 2. The Kier molecular flexibility index (Phi) is 7.95. The summed E-state index contributed by atoms with van der Waals surface area (Å²) in [4.78, 5) is 0. The van der Waals surface area contributed by atoms with Crippen LogP contribution in [-0.2, 0) is 6.42 Å². The van der Waals surface area contributed by atoms with Gasteiger partial charge in [-0.1, -0.05) is 50.7 Å². The average Bonchev–Trinajstić information content (AvgIpc) is 2.61. The lowest BCUT2D eigenvalue weighted by Gasteiger charge is -2.28. The summed E-state index contributed by atoms with van der Waals surface area (Å²) in [7, 11) is 0. The van der Waals surface area contributed by atoms with Crippen LogP contribution in [0.15, 0.2) is 30.6 Å². The van der Waals surface area contributed by atoms with E-state index < -0.39 is 5.82 Å². The van der Waals surface area contributed by atoms with Crippen molar-refractivity contribution in [1.82, 2.24) is 0 Å². The van der Waals surface area contributed by atoms with Gasteiger partial charge in [0.1, 0.15) is 11.9 Å². The van der Waals surface area contributed by atoms with Gasteiger partial charge in [0.15, 0.2) is 0 Å². The fourth-order valence-corrected chi connectivity index (χ4v) is 3.74. The predicted molar refractivity (Wildman–Crippen MR) is 93.6 cm³/mol. The van der Waals surface area contributed by atoms with Crippen LogP contribution in [0, 0.1) is 29.0 Å². The van der Waals surface area contributed by atoms with Gasteiger partial charge in [0.25, 0.3) is 0 Å². The molecule has 1 aromatic carbocycles. The second-order valence-electron chi connectivity index (χ2n) is 7.00. The monoisotopic (exact) mass is 331 g/mol. The summed E-state index contributed by atoms with van der Waals surface area (Å²) in [6, 6.07) is 6.83. The molecular formula is C21H27F2N. The normalized spacial score (nSPS) is 21.0. The maximum absolute atomic E-state index is 13.6. The first kappa shape index (κ1) is 18.6. The molecule has 0 N–H and O–H groups in total. The van der Waals surface area contributed by atoms with Gasteiger partial charge in [-0.05, 0) is 55.2 Å². The molecule has 3 heteroatoms. The molecule has 0 heterocycles. The molecule has 1 aliphatic carbocycles. The molecule has 0 amide bonds. The van der Waals surface area contributed by atoms with Gasteiger partial charge >= 0.3 is 0 Å². The van der Waals surface area contributed by atoms with Crippen molar-refractivity contribution in [3.05, 3.63) is 47.5 Å². The largest absolute Gasteiger partial charge is 0.216 e. The quantitative estimate of drug-likeness (QED) is 0.500. The number of benzene rings is 1. The van der Waals surface area contributed by atoms with E-state index in [1.54, 1.807) is 12.1 Å². The smallest absolute Gasteiger partial charge is 0.141 e. The SMILES string of the molecule is N#Cc1ccc(CC[C@H]2CC[C@H](CCCCC=CF)CC2)cc1F. The van der Waals surface area contributed by atoms with Crippen LogP contribution in [0.3, 0.4) is 0 Å². The van der Waals surface area contributed by atoms with Gasteiger partial charge in [-0.2, -0.15) is 5.26 Å². The van der Waals surface area contributed by atoms with Gasteiger partial charge in [0.2, 0.25) is 0 Å². The maximum atomic E-state index is 13.6. The van der Waals surface area contributed by atoms with E-state index in [0.717, 1.165) is 43.1 Å².